The summed E-state index contributed by atoms with van der Waals surface area (Å²) < 4.78 is 5.10. The fourth-order valence-electron chi connectivity index (χ4n) is 3.08. The van der Waals surface area contributed by atoms with Gasteiger partial charge in [-0.05, 0) is 63.2 Å². The van der Waals surface area contributed by atoms with Crippen LogP contribution in [0.3, 0.4) is 0 Å². The summed E-state index contributed by atoms with van der Waals surface area (Å²) in [5.41, 5.74) is 0.660. The van der Waals surface area contributed by atoms with Crippen molar-refractivity contribution in [3.63, 3.8) is 0 Å². The van der Waals surface area contributed by atoms with Crippen LogP contribution in [0.25, 0.3) is 0 Å². The number of nitrogens with zero attached hydrogens (tertiary/aromatic N) is 3. The van der Waals surface area contributed by atoms with E-state index in [1.807, 2.05) is 0 Å². The van der Waals surface area contributed by atoms with Crippen molar-refractivity contribution in [1.29, 1.82) is 0 Å². The lowest BCUT2D eigenvalue weighted by Gasteiger charge is -2.14. The summed E-state index contributed by atoms with van der Waals surface area (Å²) in [5, 5.41) is 14.8. The van der Waals surface area contributed by atoms with Crippen molar-refractivity contribution in [2.75, 3.05) is 44.4 Å². The van der Waals surface area contributed by atoms with Crippen molar-refractivity contribution in [3.8, 4) is 5.75 Å². The van der Waals surface area contributed by atoms with E-state index in [2.05, 4.69) is 25.7 Å². The van der Waals surface area contributed by atoms with Crippen LogP contribution in [0.5, 0.6) is 5.75 Å². The minimum atomic E-state index is -0.301. The van der Waals surface area contributed by atoms with Gasteiger partial charge in [0, 0.05) is 18.0 Å². The Labute approximate surface area is 184 Å². The molecule has 1 aromatic carbocycles. The van der Waals surface area contributed by atoms with Crippen LogP contribution in [0.4, 0.5) is 5.69 Å². The number of thioether (sulfide) groups is 1. The normalized spacial score (nSPS) is 13.9. The van der Waals surface area contributed by atoms with Gasteiger partial charge in [0.1, 0.15) is 10.8 Å². The number of likely N-dealkylation sites (tertiary alicyclic amines) is 1. The molecule has 2 N–H and O–H groups in total. The van der Waals surface area contributed by atoms with E-state index in [-0.39, 0.29) is 11.8 Å². The molecule has 0 radical (unpaired) electrons. The first-order valence-electron chi connectivity index (χ1n) is 9.98. The molecule has 0 bridgehead atoms. The van der Waals surface area contributed by atoms with Gasteiger partial charge >= 0.3 is 0 Å². The minimum Gasteiger partial charge on any atom is -0.497 e. The van der Waals surface area contributed by atoms with Gasteiger partial charge in [0.2, 0.25) is 10.9 Å². The van der Waals surface area contributed by atoms with Gasteiger partial charge in [-0.25, -0.2) is 0 Å². The molecule has 8 nitrogen and oxygen atoms in total. The standard InChI is InChI=1S/C20H27N5O3S2/c1-28-16-7-5-15(6-8-16)22-19(27)20-24-23-18(30-20)14-29-13-17(26)21-9-4-12-25-10-2-3-11-25/h5-8H,2-4,9-14H2,1H3,(H,21,26)(H,22,27). The molecule has 30 heavy (non-hydrogen) atoms. The third-order valence-electron chi connectivity index (χ3n) is 4.64. The van der Waals surface area contributed by atoms with Crippen molar-refractivity contribution < 1.29 is 14.3 Å². The van der Waals surface area contributed by atoms with E-state index >= 15 is 0 Å². The van der Waals surface area contributed by atoms with Crippen LogP contribution in [0.15, 0.2) is 24.3 Å². The molecule has 1 fully saturated rings. The Morgan fingerprint density at radius 1 is 1.20 bits per heavy atom. The first-order chi connectivity index (χ1) is 14.6. The lowest BCUT2D eigenvalue weighted by atomic mass is 10.3. The minimum absolute atomic E-state index is 0.0309. The molecule has 1 saturated heterocycles. The second kappa shape index (κ2) is 11.9. The summed E-state index contributed by atoms with van der Waals surface area (Å²) in [7, 11) is 1.59. The number of hydrogen-bond donors (Lipinski definition) is 2. The van der Waals surface area contributed by atoms with Crippen LogP contribution < -0.4 is 15.4 Å². The second-order valence-electron chi connectivity index (χ2n) is 6.93. The van der Waals surface area contributed by atoms with E-state index in [0.29, 0.717) is 28.7 Å². The van der Waals surface area contributed by atoms with Gasteiger partial charge < -0.3 is 20.3 Å². The maximum atomic E-state index is 12.3. The molecule has 0 atom stereocenters. The first-order valence-corrected chi connectivity index (χ1v) is 12.0. The van der Waals surface area contributed by atoms with Crippen LogP contribution in [-0.2, 0) is 10.5 Å². The molecular weight excluding hydrogens is 422 g/mol. The average Bonchev–Trinajstić information content (AvgIpc) is 3.44. The Morgan fingerprint density at radius 3 is 2.70 bits per heavy atom. The molecule has 0 unspecified atom stereocenters. The number of anilines is 1. The van der Waals surface area contributed by atoms with Gasteiger partial charge in [-0.3, -0.25) is 9.59 Å². The van der Waals surface area contributed by atoms with E-state index in [1.165, 1.54) is 49.0 Å². The van der Waals surface area contributed by atoms with Crippen molar-refractivity contribution in [1.82, 2.24) is 20.4 Å². The molecule has 1 aromatic heterocycles. The molecule has 10 heteroatoms. The molecule has 0 spiro atoms. The topological polar surface area (TPSA) is 96.5 Å². The first kappa shape index (κ1) is 22.5. The largest absolute Gasteiger partial charge is 0.497 e. The molecule has 1 aliphatic heterocycles. The maximum absolute atomic E-state index is 12.3. The number of amides is 2. The molecule has 2 amide bonds. The molecule has 0 aliphatic carbocycles. The quantitative estimate of drug-likeness (QED) is 0.509. The third-order valence-corrected chi connectivity index (χ3v) is 6.69. The Kier molecular flexibility index (Phi) is 8.91. The maximum Gasteiger partial charge on any atom is 0.286 e. The SMILES string of the molecule is COc1ccc(NC(=O)c2nnc(CSCC(=O)NCCCN3CCCC3)s2)cc1. The second-order valence-corrected chi connectivity index (χ2v) is 8.98. The number of ether oxygens (including phenoxy) is 1. The molecule has 1 aliphatic rings. The number of rotatable bonds is 11. The van der Waals surface area contributed by atoms with Crippen molar-refractivity contribution >= 4 is 40.6 Å². The Hall–Kier alpha value is -2.17. The Balaban J connectivity index is 1.32. The Morgan fingerprint density at radius 2 is 1.97 bits per heavy atom. The highest BCUT2D eigenvalue weighted by atomic mass is 32.2. The Bertz CT molecular complexity index is 822. The van der Waals surface area contributed by atoms with Gasteiger partial charge in [-0.2, -0.15) is 0 Å². The monoisotopic (exact) mass is 449 g/mol. The fraction of sp³-hybridized carbons (Fsp3) is 0.500. The lowest BCUT2D eigenvalue weighted by molar-refractivity contribution is -0.118. The van der Waals surface area contributed by atoms with Crippen LogP contribution in [0.2, 0.25) is 0 Å². The molecule has 2 aromatic rings. The van der Waals surface area contributed by atoms with Gasteiger partial charge in [0.25, 0.3) is 5.91 Å². The smallest absolute Gasteiger partial charge is 0.286 e. The van der Waals surface area contributed by atoms with E-state index in [4.69, 9.17) is 4.74 Å². The van der Waals surface area contributed by atoms with E-state index in [9.17, 15) is 9.59 Å². The summed E-state index contributed by atoms with van der Waals surface area (Å²) in [5.74, 6) is 1.37. The number of nitrogens with one attached hydrogen (secondary N) is 2. The number of hydrogen-bond acceptors (Lipinski definition) is 8. The zero-order chi connectivity index (χ0) is 21.2. The predicted octanol–water partition coefficient (Wildman–Crippen LogP) is 2.63. The van der Waals surface area contributed by atoms with Gasteiger partial charge in [0.15, 0.2) is 0 Å². The van der Waals surface area contributed by atoms with E-state index in [1.54, 1.807) is 31.4 Å². The summed E-state index contributed by atoms with van der Waals surface area (Å²) in [6.07, 6.45) is 3.57. The summed E-state index contributed by atoms with van der Waals surface area (Å²) in [6, 6.07) is 7.07. The van der Waals surface area contributed by atoms with Gasteiger partial charge in [-0.1, -0.05) is 11.3 Å². The summed E-state index contributed by atoms with van der Waals surface area (Å²) in [4.78, 5) is 26.7. The van der Waals surface area contributed by atoms with Crippen molar-refractivity contribution in [2.45, 2.75) is 25.0 Å². The van der Waals surface area contributed by atoms with Crippen molar-refractivity contribution in [3.05, 3.63) is 34.3 Å². The molecule has 162 valence electrons. The fourth-order valence-corrected chi connectivity index (χ4v) is 4.72. The van der Waals surface area contributed by atoms with Crippen LogP contribution in [-0.4, -0.2) is 66.0 Å². The number of carbonyl (C=O) groups excluding carboxylic acids is 2. The van der Waals surface area contributed by atoms with Crippen LogP contribution in [0.1, 0.15) is 34.1 Å². The highest BCUT2D eigenvalue weighted by Gasteiger charge is 2.14. The molecular formula is C20H27N5O3S2. The van der Waals surface area contributed by atoms with Crippen LogP contribution >= 0.6 is 23.1 Å². The summed E-state index contributed by atoms with van der Waals surface area (Å²) >= 11 is 2.71. The van der Waals surface area contributed by atoms with E-state index in [0.717, 1.165) is 23.7 Å². The zero-order valence-electron chi connectivity index (χ0n) is 17.1. The highest BCUT2D eigenvalue weighted by molar-refractivity contribution is 7.99. The molecule has 2 heterocycles. The van der Waals surface area contributed by atoms with E-state index < -0.39 is 0 Å². The van der Waals surface area contributed by atoms with Crippen molar-refractivity contribution in [2.24, 2.45) is 0 Å². The predicted molar refractivity (Wildman–Crippen MR) is 120 cm³/mol. The highest BCUT2D eigenvalue weighted by Crippen LogP contribution is 2.19. The third kappa shape index (κ3) is 7.26. The van der Waals surface area contributed by atoms with Gasteiger partial charge in [0.05, 0.1) is 12.9 Å². The number of methoxy groups -OCH3 is 1. The van der Waals surface area contributed by atoms with Crippen LogP contribution in [0, 0.1) is 0 Å². The molecule has 0 saturated carbocycles. The number of carbonyl (C=O) groups is 2. The number of benzene rings is 1. The zero-order valence-corrected chi connectivity index (χ0v) is 18.7. The average molecular weight is 450 g/mol. The molecule has 3 rings (SSSR count). The summed E-state index contributed by atoms with van der Waals surface area (Å²) in [6.45, 7) is 4.14. The number of aromatic nitrogens is 2. The lowest BCUT2D eigenvalue weighted by Crippen LogP contribution is -2.29. The van der Waals surface area contributed by atoms with Gasteiger partial charge in [-0.15, -0.1) is 22.0 Å².